The maximum Gasteiger partial charge on any atom is 0.256 e. The van der Waals surface area contributed by atoms with Gasteiger partial charge in [-0.25, -0.2) is 9.06 Å². The van der Waals surface area contributed by atoms with Crippen LogP contribution in [0.25, 0.3) is 5.69 Å². The highest BCUT2D eigenvalue weighted by atomic mass is 32.1. The highest BCUT2D eigenvalue weighted by molar-refractivity contribution is 7.03. The zero-order valence-corrected chi connectivity index (χ0v) is 14.7. The zero-order chi connectivity index (χ0) is 17.2. The van der Waals surface area contributed by atoms with Crippen LogP contribution in [0.5, 0.6) is 5.75 Å². The molecule has 0 atom stereocenters. The van der Waals surface area contributed by atoms with Gasteiger partial charge < -0.3 is 9.64 Å². The second kappa shape index (κ2) is 6.68. The van der Waals surface area contributed by atoms with Crippen molar-refractivity contribution in [2.75, 3.05) is 13.7 Å². The summed E-state index contributed by atoms with van der Waals surface area (Å²) in [5, 5.41) is 6.35. The normalized spacial score (nSPS) is 14.0. The molecule has 0 radical (unpaired) electrons. The van der Waals surface area contributed by atoms with Crippen LogP contribution in [0.3, 0.4) is 0 Å². The lowest BCUT2D eigenvalue weighted by molar-refractivity contribution is 0.0746. The van der Waals surface area contributed by atoms with Crippen LogP contribution in [0, 0.1) is 0 Å². The van der Waals surface area contributed by atoms with Gasteiger partial charge in [0, 0.05) is 29.7 Å². The minimum atomic E-state index is 0.0406. The molecule has 0 saturated heterocycles. The molecule has 1 aliphatic rings. The third-order valence-corrected chi connectivity index (χ3v) is 5.03. The SMILES string of the molecule is COc1ccc(-n2ncc3c2CCCN(C(=O)c2cnsc2)C3)cc1. The molecule has 0 fully saturated rings. The first-order chi connectivity index (χ1) is 12.3. The monoisotopic (exact) mass is 354 g/mol. The van der Waals surface area contributed by atoms with Gasteiger partial charge in [0.25, 0.3) is 5.91 Å². The average molecular weight is 354 g/mol. The van der Waals surface area contributed by atoms with Gasteiger partial charge in [-0.2, -0.15) is 5.10 Å². The van der Waals surface area contributed by atoms with Gasteiger partial charge in [0.05, 0.1) is 30.8 Å². The number of carbonyl (C=O) groups excluding carboxylic acids is 1. The number of nitrogens with zero attached hydrogens (tertiary/aromatic N) is 4. The molecule has 1 amide bonds. The number of benzene rings is 1. The molecule has 2 aromatic heterocycles. The fourth-order valence-electron chi connectivity index (χ4n) is 3.14. The summed E-state index contributed by atoms with van der Waals surface area (Å²) in [4.78, 5) is 14.5. The van der Waals surface area contributed by atoms with Gasteiger partial charge in [0.1, 0.15) is 5.75 Å². The molecular weight excluding hydrogens is 336 g/mol. The smallest absolute Gasteiger partial charge is 0.256 e. The number of ether oxygens (including phenoxy) is 1. The van der Waals surface area contributed by atoms with E-state index in [1.165, 1.54) is 17.2 Å². The molecule has 6 nitrogen and oxygen atoms in total. The van der Waals surface area contributed by atoms with E-state index in [9.17, 15) is 4.79 Å². The van der Waals surface area contributed by atoms with Gasteiger partial charge in [-0.3, -0.25) is 4.79 Å². The summed E-state index contributed by atoms with van der Waals surface area (Å²) in [6.07, 6.45) is 5.32. The summed E-state index contributed by atoms with van der Waals surface area (Å²) in [5.74, 6) is 0.863. The van der Waals surface area contributed by atoms with Crippen LogP contribution in [0.1, 0.15) is 28.0 Å². The van der Waals surface area contributed by atoms with Gasteiger partial charge in [-0.05, 0) is 48.6 Å². The lowest BCUT2D eigenvalue weighted by atomic mass is 10.2. The van der Waals surface area contributed by atoms with E-state index in [4.69, 9.17) is 4.74 Å². The molecule has 4 rings (SSSR count). The highest BCUT2D eigenvalue weighted by Gasteiger charge is 2.23. The molecule has 128 valence electrons. The minimum Gasteiger partial charge on any atom is -0.497 e. The topological polar surface area (TPSA) is 60.2 Å². The Bertz CT molecular complexity index is 871. The predicted octanol–water partition coefficient (Wildman–Crippen LogP) is 2.93. The van der Waals surface area contributed by atoms with Crippen molar-refractivity contribution in [3.05, 3.63) is 58.9 Å². The van der Waals surface area contributed by atoms with Crippen molar-refractivity contribution < 1.29 is 9.53 Å². The first-order valence-corrected chi connectivity index (χ1v) is 8.99. The molecule has 7 heteroatoms. The van der Waals surface area contributed by atoms with Crippen molar-refractivity contribution in [1.29, 1.82) is 0 Å². The number of aromatic nitrogens is 3. The van der Waals surface area contributed by atoms with E-state index in [2.05, 4.69) is 9.47 Å². The molecule has 0 bridgehead atoms. The van der Waals surface area contributed by atoms with E-state index in [1.807, 2.05) is 40.0 Å². The van der Waals surface area contributed by atoms with Crippen LogP contribution in [0.4, 0.5) is 0 Å². The Labute approximate surface area is 149 Å². The van der Waals surface area contributed by atoms with Gasteiger partial charge in [0.15, 0.2) is 0 Å². The standard InChI is InChI=1S/C18H18N4O2S/c1-24-16-6-4-15(5-7-16)22-17-3-2-8-21(11-13(17)9-19-22)18(23)14-10-20-25-12-14/h4-7,9-10,12H,2-3,8,11H2,1H3. The second-order valence-electron chi connectivity index (χ2n) is 5.97. The molecule has 25 heavy (non-hydrogen) atoms. The van der Waals surface area contributed by atoms with Crippen LogP contribution in [0.2, 0.25) is 0 Å². The lowest BCUT2D eigenvalue weighted by Crippen LogP contribution is -2.30. The van der Waals surface area contributed by atoms with E-state index in [1.54, 1.807) is 18.7 Å². The van der Waals surface area contributed by atoms with Crippen LogP contribution in [0.15, 0.2) is 42.0 Å². The Kier molecular flexibility index (Phi) is 4.23. The number of carbonyl (C=O) groups is 1. The lowest BCUT2D eigenvalue weighted by Gasteiger charge is -2.19. The molecule has 1 aromatic carbocycles. The molecule has 0 spiro atoms. The number of rotatable bonds is 3. The van der Waals surface area contributed by atoms with Crippen molar-refractivity contribution in [2.45, 2.75) is 19.4 Å². The third kappa shape index (κ3) is 3.02. The fourth-order valence-corrected chi connectivity index (χ4v) is 3.65. The third-order valence-electron chi connectivity index (χ3n) is 4.44. The quantitative estimate of drug-likeness (QED) is 0.726. The average Bonchev–Trinajstić information content (AvgIpc) is 3.27. The molecule has 0 N–H and O–H groups in total. The maximum absolute atomic E-state index is 12.6. The van der Waals surface area contributed by atoms with Crippen LogP contribution < -0.4 is 4.74 Å². The van der Waals surface area contributed by atoms with Gasteiger partial charge >= 0.3 is 0 Å². The van der Waals surface area contributed by atoms with E-state index >= 15 is 0 Å². The van der Waals surface area contributed by atoms with Crippen LogP contribution in [-0.2, 0) is 13.0 Å². The Morgan fingerprint density at radius 2 is 2.08 bits per heavy atom. The second-order valence-corrected chi connectivity index (χ2v) is 6.63. The molecule has 3 heterocycles. The highest BCUT2D eigenvalue weighted by Crippen LogP contribution is 2.24. The van der Waals surface area contributed by atoms with Crippen molar-refractivity contribution in [3.8, 4) is 11.4 Å². The first-order valence-electron chi connectivity index (χ1n) is 8.15. The van der Waals surface area contributed by atoms with Crippen molar-refractivity contribution >= 4 is 17.4 Å². The number of hydrogen-bond donors (Lipinski definition) is 0. The summed E-state index contributed by atoms with van der Waals surface area (Å²) in [6.45, 7) is 1.33. The zero-order valence-electron chi connectivity index (χ0n) is 13.9. The minimum absolute atomic E-state index is 0.0406. The number of fused-ring (bicyclic) bond motifs is 1. The Balaban J connectivity index is 1.61. The molecule has 0 saturated carbocycles. The molecular formula is C18H18N4O2S. The van der Waals surface area contributed by atoms with E-state index in [0.29, 0.717) is 12.1 Å². The van der Waals surface area contributed by atoms with Crippen LogP contribution in [-0.4, -0.2) is 38.6 Å². The summed E-state index contributed by atoms with van der Waals surface area (Å²) < 4.78 is 11.2. The number of hydrogen-bond acceptors (Lipinski definition) is 5. The predicted molar refractivity (Wildman–Crippen MR) is 95.3 cm³/mol. The Morgan fingerprint density at radius 3 is 2.80 bits per heavy atom. The molecule has 0 unspecified atom stereocenters. The Morgan fingerprint density at radius 1 is 1.24 bits per heavy atom. The summed E-state index contributed by atoms with van der Waals surface area (Å²) in [7, 11) is 1.66. The van der Waals surface area contributed by atoms with E-state index < -0.39 is 0 Å². The van der Waals surface area contributed by atoms with Gasteiger partial charge in [-0.15, -0.1) is 0 Å². The summed E-state index contributed by atoms with van der Waals surface area (Å²) in [5.41, 5.74) is 3.94. The van der Waals surface area contributed by atoms with Crippen LogP contribution >= 0.6 is 11.5 Å². The largest absolute Gasteiger partial charge is 0.497 e. The molecule has 1 aliphatic heterocycles. The Hall–Kier alpha value is -2.67. The van der Waals surface area contributed by atoms with Gasteiger partial charge in [0.2, 0.25) is 0 Å². The summed E-state index contributed by atoms with van der Waals surface area (Å²) >= 11 is 1.30. The van der Waals surface area contributed by atoms with E-state index in [0.717, 1.165) is 36.4 Å². The maximum atomic E-state index is 12.6. The first kappa shape index (κ1) is 15.8. The van der Waals surface area contributed by atoms with Crippen molar-refractivity contribution in [1.82, 2.24) is 19.1 Å². The number of methoxy groups -OCH3 is 1. The summed E-state index contributed by atoms with van der Waals surface area (Å²) in [6, 6.07) is 7.85. The fraction of sp³-hybridized carbons (Fsp3) is 0.278. The van der Waals surface area contributed by atoms with Crippen molar-refractivity contribution in [2.24, 2.45) is 0 Å². The van der Waals surface area contributed by atoms with Gasteiger partial charge in [-0.1, -0.05) is 0 Å². The molecule has 0 aliphatic carbocycles. The number of amides is 1. The van der Waals surface area contributed by atoms with E-state index in [-0.39, 0.29) is 5.91 Å². The molecule has 3 aromatic rings. The van der Waals surface area contributed by atoms with Crippen molar-refractivity contribution in [3.63, 3.8) is 0 Å².